The lowest BCUT2D eigenvalue weighted by Gasteiger charge is -2.28. The smallest absolute Gasteiger partial charge is 0.368 e. The molecular weight excluding hydrogens is 387 g/mol. The van der Waals surface area contributed by atoms with E-state index in [1.165, 1.54) is 43.1 Å². The Kier molecular flexibility index (Phi) is 6.94. The second kappa shape index (κ2) is 9.21. The van der Waals surface area contributed by atoms with Gasteiger partial charge in [0.25, 0.3) is 0 Å². The van der Waals surface area contributed by atoms with Crippen molar-refractivity contribution in [3.05, 3.63) is 24.2 Å². The van der Waals surface area contributed by atoms with Gasteiger partial charge in [0, 0.05) is 19.6 Å². The number of hydrogen-bond acceptors (Lipinski definition) is 6. The van der Waals surface area contributed by atoms with Crippen molar-refractivity contribution in [2.45, 2.75) is 35.5 Å². The quantitative estimate of drug-likeness (QED) is 0.316. The average molecular weight is 413 g/mol. The Morgan fingerprint density at radius 1 is 1.41 bits per heavy atom. The van der Waals surface area contributed by atoms with Crippen LogP contribution in [0.4, 0.5) is 10.1 Å². The highest BCUT2D eigenvalue weighted by molar-refractivity contribution is 7.98. The molecule has 148 valence electrons. The fourth-order valence-corrected chi connectivity index (χ4v) is 5.05. The first-order valence-corrected chi connectivity index (χ1v) is 11.1. The molecule has 0 bridgehead atoms. The summed E-state index contributed by atoms with van der Waals surface area (Å²) in [5.74, 6) is -1.73. The first-order chi connectivity index (χ1) is 13.0. The van der Waals surface area contributed by atoms with Gasteiger partial charge in [0.1, 0.15) is 12.0 Å². The number of benzene rings is 1. The van der Waals surface area contributed by atoms with Gasteiger partial charge in [-0.05, 0) is 56.1 Å². The minimum absolute atomic E-state index is 0.473. The van der Waals surface area contributed by atoms with Crippen LogP contribution in [0.25, 0.3) is 0 Å². The number of anilines is 1. The molecule has 0 atom stereocenters. The monoisotopic (exact) mass is 412 g/mol. The van der Waals surface area contributed by atoms with Crippen molar-refractivity contribution in [3.63, 3.8) is 0 Å². The molecule has 8 heteroatoms. The third-order valence-corrected chi connectivity index (χ3v) is 6.75. The standard InChI is InChI=1S/C19H25FN2O3S2/c1-21-7-8-22(11-13-5-3-4-6-13)15-9-18(26-2)16(10-17(15)27-21)25-12-14(20)19(23)24/h9-10,12-13H,3-8,11H2,1-2H3,(H,23,24)/b14-12-. The second-order valence-electron chi connectivity index (χ2n) is 6.90. The van der Waals surface area contributed by atoms with Gasteiger partial charge in [0.05, 0.1) is 15.5 Å². The molecule has 0 aromatic heterocycles. The number of carbonyl (C=O) groups is 1. The fourth-order valence-electron chi connectivity index (χ4n) is 3.56. The normalized spacial score (nSPS) is 19.1. The fraction of sp³-hybridized carbons (Fsp3) is 0.526. The van der Waals surface area contributed by atoms with Gasteiger partial charge < -0.3 is 14.7 Å². The molecular formula is C19H25FN2O3S2. The van der Waals surface area contributed by atoms with Crippen LogP contribution in [0.1, 0.15) is 25.7 Å². The number of fused-ring (bicyclic) bond motifs is 1. The predicted octanol–water partition coefficient (Wildman–Crippen LogP) is 4.63. The number of hydrogen-bond donors (Lipinski definition) is 1. The van der Waals surface area contributed by atoms with Gasteiger partial charge in [0.2, 0.25) is 5.83 Å². The summed E-state index contributed by atoms with van der Waals surface area (Å²) in [4.78, 5) is 15.0. The van der Waals surface area contributed by atoms with Crippen LogP contribution in [0.15, 0.2) is 34.0 Å². The van der Waals surface area contributed by atoms with E-state index in [1.807, 2.05) is 12.3 Å². The number of likely N-dealkylation sites (N-methyl/N-ethyl adjacent to an activating group) is 1. The number of halogens is 1. The Labute approximate surface area is 168 Å². The summed E-state index contributed by atoms with van der Waals surface area (Å²) >= 11 is 3.15. The van der Waals surface area contributed by atoms with Gasteiger partial charge in [-0.2, -0.15) is 4.39 Å². The van der Waals surface area contributed by atoms with Crippen molar-refractivity contribution in [1.82, 2.24) is 4.31 Å². The number of thioether (sulfide) groups is 1. The maximum atomic E-state index is 13.3. The van der Waals surface area contributed by atoms with Crippen LogP contribution in [0.3, 0.4) is 0 Å². The van der Waals surface area contributed by atoms with Crippen LogP contribution in [-0.2, 0) is 4.79 Å². The lowest BCUT2D eigenvalue weighted by atomic mass is 10.1. The summed E-state index contributed by atoms with van der Waals surface area (Å²) in [7, 11) is 2.06. The molecule has 3 rings (SSSR count). The van der Waals surface area contributed by atoms with Crippen molar-refractivity contribution in [3.8, 4) is 5.75 Å². The van der Waals surface area contributed by atoms with Gasteiger partial charge in [-0.3, -0.25) is 0 Å². The van der Waals surface area contributed by atoms with Crippen molar-refractivity contribution in [2.75, 3.05) is 37.8 Å². The molecule has 27 heavy (non-hydrogen) atoms. The lowest BCUT2D eigenvalue weighted by Crippen LogP contribution is -2.32. The van der Waals surface area contributed by atoms with Gasteiger partial charge in [0.15, 0.2) is 0 Å². The topological polar surface area (TPSA) is 53.0 Å². The molecule has 1 aromatic carbocycles. The molecule has 0 saturated heterocycles. The van der Waals surface area contributed by atoms with Crippen LogP contribution in [0.5, 0.6) is 5.75 Å². The van der Waals surface area contributed by atoms with Crippen LogP contribution in [0, 0.1) is 5.92 Å². The molecule has 0 radical (unpaired) electrons. The number of aliphatic carboxylic acids is 1. The van der Waals surface area contributed by atoms with Crippen LogP contribution >= 0.6 is 23.7 Å². The van der Waals surface area contributed by atoms with Gasteiger partial charge in [-0.25, -0.2) is 9.10 Å². The number of carboxylic acid groups (broad SMARTS) is 1. The molecule has 2 aliphatic rings. The Balaban J connectivity index is 1.91. The van der Waals surface area contributed by atoms with E-state index in [2.05, 4.69) is 22.3 Å². The van der Waals surface area contributed by atoms with Crippen LogP contribution in [0.2, 0.25) is 0 Å². The van der Waals surface area contributed by atoms with E-state index >= 15 is 0 Å². The third-order valence-electron chi connectivity index (χ3n) is 4.97. The SMILES string of the molecule is CSc1cc2c(cc1O/C=C(\F)C(=O)O)SN(C)CCN2CC1CCCC1. The van der Waals surface area contributed by atoms with E-state index in [4.69, 9.17) is 9.84 Å². The molecule has 1 saturated carbocycles. The highest BCUT2D eigenvalue weighted by atomic mass is 32.2. The third kappa shape index (κ3) is 5.12. The van der Waals surface area contributed by atoms with Crippen molar-refractivity contribution in [2.24, 2.45) is 5.92 Å². The first-order valence-electron chi connectivity index (χ1n) is 9.09. The summed E-state index contributed by atoms with van der Waals surface area (Å²) < 4.78 is 20.9. The van der Waals surface area contributed by atoms with E-state index in [9.17, 15) is 9.18 Å². The number of ether oxygens (including phenoxy) is 1. The summed E-state index contributed by atoms with van der Waals surface area (Å²) in [5.41, 5.74) is 1.18. The minimum atomic E-state index is -1.63. The maximum absolute atomic E-state index is 13.3. The zero-order valence-corrected chi connectivity index (χ0v) is 17.2. The number of carboxylic acids is 1. The summed E-state index contributed by atoms with van der Waals surface area (Å²) in [6.07, 6.45) is 7.83. The second-order valence-corrected chi connectivity index (χ2v) is 8.99. The van der Waals surface area contributed by atoms with E-state index in [0.29, 0.717) is 12.0 Å². The zero-order valence-electron chi connectivity index (χ0n) is 15.6. The maximum Gasteiger partial charge on any atom is 0.368 e. The van der Waals surface area contributed by atoms with E-state index in [0.717, 1.165) is 35.3 Å². The highest BCUT2D eigenvalue weighted by Crippen LogP contribution is 2.43. The molecule has 1 heterocycles. The first kappa shape index (κ1) is 20.4. The molecule has 0 amide bonds. The zero-order chi connectivity index (χ0) is 19.4. The summed E-state index contributed by atoms with van der Waals surface area (Å²) in [5, 5.41) is 8.67. The lowest BCUT2D eigenvalue weighted by molar-refractivity contribution is -0.134. The molecule has 1 aliphatic carbocycles. The molecule has 0 unspecified atom stereocenters. The average Bonchev–Trinajstić information content (AvgIpc) is 3.10. The molecule has 1 aromatic rings. The number of rotatable bonds is 6. The molecule has 5 nitrogen and oxygen atoms in total. The van der Waals surface area contributed by atoms with Gasteiger partial charge in [-0.1, -0.05) is 12.8 Å². The Morgan fingerprint density at radius 3 is 2.81 bits per heavy atom. The summed E-state index contributed by atoms with van der Waals surface area (Å²) in [6.45, 7) is 2.97. The molecule has 1 aliphatic heterocycles. The van der Waals surface area contributed by atoms with Crippen molar-refractivity contribution >= 4 is 35.4 Å². The minimum Gasteiger partial charge on any atom is -0.476 e. The van der Waals surface area contributed by atoms with E-state index in [1.54, 1.807) is 11.9 Å². The van der Waals surface area contributed by atoms with Gasteiger partial charge >= 0.3 is 5.97 Å². The highest BCUT2D eigenvalue weighted by Gasteiger charge is 2.25. The Bertz CT molecular complexity index is 723. The largest absolute Gasteiger partial charge is 0.476 e. The van der Waals surface area contributed by atoms with Crippen LogP contribution < -0.4 is 9.64 Å². The molecule has 0 spiro atoms. The summed E-state index contributed by atoms with van der Waals surface area (Å²) in [6, 6.07) is 3.98. The Hall–Kier alpha value is -1.38. The van der Waals surface area contributed by atoms with Gasteiger partial charge in [-0.15, -0.1) is 11.8 Å². The van der Waals surface area contributed by atoms with Crippen LogP contribution in [-0.4, -0.2) is 48.3 Å². The predicted molar refractivity (Wildman–Crippen MR) is 108 cm³/mol. The van der Waals surface area contributed by atoms with Crippen molar-refractivity contribution in [1.29, 1.82) is 0 Å². The Morgan fingerprint density at radius 2 is 2.15 bits per heavy atom. The van der Waals surface area contributed by atoms with E-state index in [-0.39, 0.29) is 0 Å². The van der Waals surface area contributed by atoms with E-state index < -0.39 is 11.8 Å². The van der Waals surface area contributed by atoms with Crippen molar-refractivity contribution < 1.29 is 19.0 Å². The molecule has 1 N–H and O–H groups in total. The number of nitrogens with zero attached hydrogens (tertiary/aromatic N) is 2. The molecule has 1 fully saturated rings.